The molecule has 0 aromatic carbocycles. The fourth-order valence-corrected chi connectivity index (χ4v) is 3.38. The van der Waals surface area contributed by atoms with Crippen LogP contribution in [-0.4, -0.2) is 22.2 Å². The lowest BCUT2D eigenvalue weighted by atomic mass is 10.2. The van der Waals surface area contributed by atoms with Gasteiger partial charge in [0, 0.05) is 7.05 Å². The van der Waals surface area contributed by atoms with Gasteiger partial charge in [0.2, 0.25) is 5.13 Å². The number of hydrogen-bond donors (Lipinski definition) is 1. The van der Waals surface area contributed by atoms with Gasteiger partial charge >= 0.3 is 0 Å². The average molecular weight is 268 g/mol. The number of nitrogens with one attached hydrogen (secondary N) is 1. The van der Waals surface area contributed by atoms with Crippen molar-refractivity contribution in [1.82, 2.24) is 15.2 Å². The maximum atomic E-state index is 4.67. The third-order valence-corrected chi connectivity index (χ3v) is 4.70. The van der Waals surface area contributed by atoms with Crippen molar-refractivity contribution in [2.24, 2.45) is 0 Å². The Morgan fingerprint density at radius 1 is 1.18 bits per heavy atom. The van der Waals surface area contributed by atoms with Gasteiger partial charge in [-0.1, -0.05) is 31.6 Å². The van der Waals surface area contributed by atoms with Crippen molar-refractivity contribution in [2.75, 3.05) is 12.4 Å². The van der Waals surface area contributed by atoms with E-state index in [-0.39, 0.29) is 0 Å². The van der Waals surface area contributed by atoms with Gasteiger partial charge in [0.1, 0.15) is 0 Å². The minimum atomic E-state index is 0.855. The number of hydrogen-bond acceptors (Lipinski definition) is 6. The summed E-state index contributed by atoms with van der Waals surface area (Å²) in [5.41, 5.74) is 1.17. The first-order chi connectivity index (χ1) is 8.28. The summed E-state index contributed by atoms with van der Waals surface area (Å²) in [4.78, 5) is 5.86. The van der Waals surface area contributed by atoms with E-state index in [0.717, 1.165) is 29.4 Å². The van der Waals surface area contributed by atoms with Crippen molar-refractivity contribution in [3.8, 4) is 9.88 Å². The zero-order valence-corrected chi connectivity index (χ0v) is 11.9. The van der Waals surface area contributed by atoms with E-state index >= 15 is 0 Å². The van der Waals surface area contributed by atoms with Gasteiger partial charge in [-0.3, -0.25) is 0 Å². The van der Waals surface area contributed by atoms with Gasteiger partial charge in [0.25, 0.3) is 0 Å². The molecule has 4 nitrogen and oxygen atoms in total. The predicted molar refractivity (Wildman–Crippen MR) is 73.9 cm³/mol. The molecule has 0 bridgehead atoms. The Kier molecular flexibility index (Phi) is 4.06. The highest BCUT2D eigenvalue weighted by atomic mass is 32.1. The first-order valence-electron chi connectivity index (χ1n) is 5.78. The fraction of sp³-hybridized carbons (Fsp3) is 0.545. The lowest BCUT2D eigenvalue weighted by Gasteiger charge is -1.94. The molecule has 0 radical (unpaired) electrons. The van der Waals surface area contributed by atoms with Crippen molar-refractivity contribution >= 4 is 27.8 Å². The normalized spacial score (nSPS) is 10.8. The highest BCUT2D eigenvalue weighted by Crippen LogP contribution is 2.34. The second kappa shape index (κ2) is 5.55. The van der Waals surface area contributed by atoms with E-state index in [1.807, 2.05) is 7.05 Å². The minimum Gasteiger partial charge on any atom is -0.363 e. The maximum absolute atomic E-state index is 4.67. The molecule has 0 aliphatic rings. The summed E-state index contributed by atoms with van der Waals surface area (Å²) in [5, 5.41) is 14.3. The molecule has 0 atom stereocenters. The third-order valence-electron chi connectivity index (χ3n) is 2.36. The molecule has 0 saturated carbocycles. The Morgan fingerprint density at radius 3 is 2.59 bits per heavy atom. The molecule has 2 aromatic heterocycles. The monoisotopic (exact) mass is 268 g/mol. The average Bonchev–Trinajstić information content (AvgIpc) is 2.95. The van der Waals surface area contributed by atoms with Gasteiger partial charge < -0.3 is 5.32 Å². The Hall–Kier alpha value is -1.01. The summed E-state index contributed by atoms with van der Waals surface area (Å²) in [6.07, 6.45) is 3.11. The molecule has 6 heteroatoms. The highest BCUT2D eigenvalue weighted by Gasteiger charge is 2.15. The van der Waals surface area contributed by atoms with E-state index in [1.165, 1.54) is 15.6 Å². The Balaban J connectivity index is 2.38. The Morgan fingerprint density at radius 2 is 2.00 bits per heavy atom. The molecule has 1 N–H and O–H groups in total. The molecule has 0 spiro atoms. The van der Waals surface area contributed by atoms with Crippen molar-refractivity contribution in [2.45, 2.75) is 33.1 Å². The minimum absolute atomic E-state index is 0.855. The van der Waals surface area contributed by atoms with Crippen LogP contribution in [-0.2, 0) is 12.8 Å². The maximum Gasteiger partial charge on any atom is 0.205 e. The first kappa shape index (κ1) is 12.4. The Labute approximate surface area is 109 Å². The molecular weight excluding hydrogens is 252 g/mol. The van der Waals surface area contributed by atoms with Crippen LogP contribution in [0.25, 0.3) is 9.88 Å². The van der Waals surface area contributed by atoms with E-state index in [4.69, 9.17) is 0 Å². The van der Waals surface area contributed by atoms with Gasteiger partial charge in [0.15, 0.2) is 5.01 Å². The molecule has 2 aromatic rings. The number of aromatic nitrogens is 3. The molecule has 0 amide bonds. The van der Waals surface area contributed by atoms with Crippen molar-refractivity contribution in [3.63, 3.8) is 0 Å². The molecule has 0 aliphatic heterocycles. The highest BCUT2D eigenvalue weighted by molar-refractivity contribution is 7.23. The van der Waals surface area contributed by atoms with Crippen molar-refractivity contribution in [3.05, 3.63) is 10.7 Å². The predicted octanol–water partition coefficient (Wildman–Crippen LogP) is 3.22. The number of nitrogens with zero attached hydrogens (tertiary/aromatic N) is 3. The van der Waals surface area contributed by atoms with Crippen molar-refractivity contribution in [1.29, 1.82) is 0 Å². The van der Waals surface area contributed by atoms with Crippen LogP contribution in [0.5, 0.6) is 0 Å². The van der Waals surface area contributed by atoms with Gasteiger partial charge in [0.05, 0.1) is 15.6 Å². The van der Waals surface area contributed by atoms with Gasteiger partial charge in [-0.25, -0.2) is 4.98 Å². The summed E-state index contributed by atoms with van der Waals surface area (Å²) < 4.78 is 0. The van der Waals surface area contributed by atoms with Crippen LogP contribution in [0, 0.1) is 0 Å². The molecule has 0 unspecified atom stereocenters. The van der Waals surface area contributed by atoms with Gasteiger partial charge in [-0.15, -0.1) is 21.5 Å². The third kappa shape index (κ3) is 2.63. The van der Waals surface area contributed by atoms with Crippen molar-refractivity contribution < 1.29 is 0 Å². The van der Waals surface area contributed by atoms with E-state index in [1.54, 1.807) is 22.7 Å². The van der Waals surface area contributed by atoms with Gasteiger partial charge in [-0.2, -0.15) is 0 Å². The van der Waals surface area contributed by atoms with E-state index in [2.05, 4.69) is 34.3 Å². The number of anilines is 1. The van der Waals surface area contributed by atoms with Crippen LogP contribution < -0.4 is 5.32 Å². The summed E-state index contributed by atoms with van der Waals surface area (Å²) >= 11 is 3.33. The molecule has 0 aliphatic carbocycles. The SMILES string of the molecule is CCCc1nc(CC)sc1-c1nnc(NC)s1. The molecule has 0 fully saturated rings. The fourth-order valence-electron chi connectivity index (χ4n) is 1.54. The first-order valence-corrected chi connectivity index (χ1v) is 7.42. The quantitative estimate of drug-likeness (QED) is 0.904. The second-order valence-electron chi connectivity index (χ2n) is 3.65. The number of thiazole rings is 1. The molecule has 17 heavy (non-hydrogen) atoms. The molecule has 0 saturated heterocycles. The molecule has 92 valence electrons. The summed E-state index contributed by atoms with van der Waals surface area (Å²) in [6.45, 7) is 4.31. The van der Waals surface area contributed by atoms with Crippen LogP contribution in [0.1, 0.15) is 31.0 Å². The summed E-state index contributed by atoms with van der Waals surface area (Å²) in [7, 11) is 1.86. The van der Waals surface area contributed by atoms with E-state index in [9.17, 15) is 0 Å². The topological polar surface area (TPSA) is 50.7 Å². The smallest absolute Gasteiger partial charge is 0.205 e. The number of aryl methyl sites for hydroxylation is 2. The Bertz CT molecular complexity index is 489. The molecular formula is C11H16N4S2. The lowest BCUT2D eigenvalue weighted by molar-refractivity contribution is 0.881. The van der Waals surface area contributed by atoms with Crippen LogP contribution in [0.2, 0.25) is 0 Å². The van der Waals surface area contributed by atoms with Crippen LogP contribution in [0.15, 0.2) is 0 Å². The zero-order valence-electron chi connectivity index (χ0n) is 10.3. The summed E-state index contributed by atoms with van der Waals surface area (Å²) in [5.74, 6) is 0. The van der Waals surface area contributed by atoms with Gasteiger partial charge in [-0.05, 0) is 12.8 Å². The second-order valence-corrected chi connectivity index (χ2v) is 5.71. The molecule has 2 heterocycles. The van der Waals surface area contributed by atoms with Crippen LogP contribution >= 0.6 is 22.7 Å². The molecule has 2 rings (SSSR count). The zero-order chi connectivity index (χ0) is 12.3. The number of rotatable bonds is 5. The summed E-state index contributed by atoms with van der Waals surface area (Å²) in [6, 6.07) is 0. The van der Waals surface area contributed by atoms with Crippen LogP contribution in [0.3, 0.4) is 0 Å². The largest absolute Gasteiger partial charge is 0.363 e. The standard InChI is InChI=1S/C11H16N4S2/c1-4-6-7-9(16-8(5-2)13-7)10-14-15-11(12-3)17-10/h4-6H2,1-3H3,(H,12,15). The van der Waals surface area contributed by atoms with E-state index in [0.29, 0.717) is 0 Å². The van der Waals surface area contributed by atoms with E-state index < -0.39 is 0 Å². The van der Waals surface area contributed by atoms with Crippen LogP contribution in [0.4, 0.5) is 5.13 Å². The lowest BCUT2D eigenvalue weighted by Crippen LogP contribution is -1.87.